The third kappa shape index (κ3) is 2.10. The van der Waals surface area contributed by atoms with Gasteiger partial charge in [-0.3, -0.25) is 4.57 Å². The van der Waals surface area contributed by atoms with Gasteiger partial charge < -0.3 is 0 Å². The summed E-state index contributed by atoms with van der Waals surface area (Å²) in [6.07, 6.45) is 0. The Bertz CT molecular complexity index is 806. The number of nitrogens with zero attached hydrogens (tertiary/aromatic N) is 4. The smallest absolute Gasteiger partial charge is 0.163 e. The van der Waals surface area contributed by atoms with Gasteiger partial charge in [-0.25, -0.2) is 9.67 Å². The van der Waals surface area contributed by atoms with Crippen molar-refractivity contribution in [3.63, 3.8) is 0 Å². The topological polar surface area (TPSA) is 35.6 Å². The summed E-state index contributed by atoms with van der Waals surface area (Å²) in [6, 6.07) is 6.01. The van der Waals surface area contributed by atoms with Crippen molar-refractivity contribution in [2.45, 2.75) is 12.8 Å². The van der Waals surface area contributed by atoms with Crippen LogP contribution in [0, 0.1) is 6.92 Å². The molecule has 0 saturated heterocycles. The monoisotopic (exact) mass is 416 g/mol. The second-order valence-corrected chi connectivity index (χ2v) is 6.51. The molecule has 0 atom stereocenters. The Kier molecular flexibility index (Phi) is 3.64. The van der Waals surface area contributed by atoms with E-state index in [2.05, 4.69) is 41.9 Å². The number of halogens is 3. The molecule has 0 N–H and O–H groups in total. The van der Waals surface area contributed by atoms with Crippen LogP contribution in [0.3, 0.4) is 0 Å². The lowest BCUT2D eigenvalue weighted by Gasteiger charge is -2.11. The molecule has 0 aliphatic heterocycles. The Labute approximate surface area is 138 Å². The maximum Gasteiger partial charge on any atom is 0.163 e. The van der Waals surface area contributed by atoms with E-state index < -0.39 is 0 Å². The predicted molar refractivity (Wildman–Crippen MR) is 87.5 cm³/mol. The molecule has 0 spiro atoms. The summed E-state index contributed by atoms with van der Waals surface area (Å²) in [5.41, 5.74) is 3.71. The fraction of sp³-hybridized carbons (Fsp3) is 0.231. The summed E-state index contributed by atoms with van der Waals surface area (Å²) in [7, 11) is 1.91. The third-order valence-corrected chi connectivity index (χ3v) is 4.54. The van der Waals surface area contributed by atoms with Crippen molar-refractivity contribution in [3.05, 3.63) is 38.7 Å². The number of imidazole rings is 1. The van der Waals surface area contributed by atoms with Gasteiger partial charge in [0.25, 0.3) is 0 Å². The molecular formula is C13H11Br2ClN4. The number of aryl methyl sites for hydroxylation is 2. The van der Waals surface area contributed by atoms with E-state index in [0.717, 1.165) is 37.3 Å². The Hall–Kier alpha value is -0.850. The number of benzene rings is 1. The van der Waals surface area contributed by atoms with Gasteiger partial charge in [0.1, 0.15) is 11.3 Å². The van der Waals surface area contributed by atoms with Gasteiger partial charge in [-0.05, 0) is 41.1 Å². The number of hydrogen-bond donors (Lipinski definition) is 0. The number of aromatic nitrogens is 4. The first-order valence-electron chi connectivity index (χ1n) is 5.95. The summed E-state index contributed by atoms with van der Waals surface area (Å²) >= 11 is 13.2. The van der Waals surface area contributed by atoms with E-state index in [0.29, 0.717) is 5.88 Å². The van der Waals surface area contributed by atoms with E-state index in [-0.39, 0.29) is 0 Å². The molecule has 2 aromatic heterocycles. The van der Waals surface area contributed by atoms with Gasteiger partial charge in [-0.1, -0.05) is 15.9 Å². The number of rotatable bonds is 2. The first-order chi connectivity index (χ1) is 9.52. The minimum absolute atomic E-state index is 0.340. The van der Waals surface area contributed by atoms with Crippen LogP contribution in [0.1, 0.15) is 11.5 Å². The lowest BCUT2D eigenvalue weighted by atomic mass is 10.3. The van der Waals surface area contributed by atoms with E-state index in [9.17, 15) is 0 Å². The van der Waals surface area contributed by atoms with Gasteiger partial charge in [0.15, 0.2) is 5.65 Å². The van der Waals surface area contributed by atoms with Crippen molar-refractivity contribution < 1.29 is 0 Å². The molecule has 3 rings (SSSR count). The van der Waals surface area contributed by atoms with E-state index in [1.807, 2.05) is 41.4 Å². The molecule has 0 unspecified atom stereocenters. The van der Waals surface area contributed by atoms with Crippen LogP contribution >= 0.6 is 43.5 Å². The number of alkyl halides is 1. The van der Waals surface area contributed by atoms with Crippen molar-refractivity contribution in [3.8, 4) is 5.69 Å². The zero-order valence-electron chi connectivity index (χ0n) is 10.9. The van der Waals surface area contributed by atoms with Crippen LogP contribution in [-0.2, 0) is 12.9 Å². The highest BCUT2D eigenvalue weighted by atomic mass is 79.9. The summed E-state index contributed by atoms with van der Waals surface area (Å²) in [5, 5.41) is 4.43. The summed E-state index contributed by atoms with van der Waals surface area (Å²) in [5.74, 6) is 1.14. The quantitative estimate of drug-likeness (QED) is 0.581. The molecule has 0 bridgehead atoms. The third-order valence-electron chi connectivity index (χ3n) is 3.14. The minimum Gasteiger partial charge on any atom is -0.279 e. The Balaban J connectivity index is 2.42. The molecule has 7 heteroatoms. The van der Waals surface area contributed by atoms with Crippen LogP contribution in [0.25, 0.3) is 16.9 Å². The highest BCUT2D eigenvalue weighted by molar-refractivity contribution is 9.11. The van der Waals surface area contributed by atoms with Crippen LogP contribution < -0.4 is 0 Å². The largest absolute Gasteiger partial charge is 0.279 e. The standard InChI is InChI=1S/C13H11Br2ClN4/c1-7-12-13(19(2)18-7)20(11(6-16)17-12)10-5-8(14)3-4-9(10)15/h3-5H,6H2,1-2H3. The summed E-state index contributed by atoms with van der Waals surface area (Å²) in [6.45, 7) is 1.95. The predicted octanol–water partition coefficient (Wildman–Crippen LogP) is 4.33. The Morgan fingerprint density at radius 2 is 2.05 bits per heavy atom. The highest BCUT2D eigenvalue weighted by Gasteiger charge is 2.19. The minimum atomic E-state index is 0.340. The maximum absolute atomic E-state index is 6.07. The average molecular weight is 419 g/mol. The van der Waals surface area contributed by atoms with Gasteiger partial charge in [0.2, 0.25) is 0 Å². The van der Waals surface area contributed by atoms with Crippen molar-refractivity contribution in [1.29, 1.82) is 0 Å². The molecular weight excluding hydrogens is 407 g/mol. The van der Waals surface area contributed by atoms with Crippen molar-refractivity contribution in [2.75, 3.05) is 0 Å². The zero-order valence-corrected chi connectivity index (χ0v) is 14.8. The molecule has 0 saturated carbocycles. The normalized spacial score (nSPS) is 11.4. The second kappa shape index (κ2) is 5.16. The molecule has 0 fully saturated rings. The van der Waals surface area contributed by atoms with E-state index >= 15 is 0 Å². The lowest BCUT2D eigenvalue weighted by molar-refractivity contribution is 0.754. The van der Waals surface area contributed by atoms with Crippen LogP contribution in [0.2, 0.25) is 0 Å². The molecule has 20 heavy (non-hydrogen) atoms. The molecule has 0 aliphatic rings. The van der Waals surface area contributed by atoms with E-state index in [1.54, 1.807) is 0 Å². The van der Waals surface area contributed by atoms with E-state index in [1.165, 1.54) is 0 Å². The average Bonchev–Trinajstić information content (AvgIpc) is 2.92. The Morgan fingerprint density at radius 3 is 2.75 bits per heavy atom. The first kappa shape index (κ1) is 14.1. The lowest BCUT2D eigenvalue weighted by Crippen LogP contribution is -2.05. The van der Waals surface area contributed by atoms with Crippen molar-refractivity contribution in [2.24, 2.45) is 7.05 Å². The molecule has 4 nitrogen and oxygen atoms in total. The van der Waals surface area contributed by atoms with Crippen molar-refractivity contribution in [1.82, 2.24) is 19.3 Å². The van der Waals surface area contributed by atoms with Crippen LogP contribution in [0.4, 0.5) is 0 Å². The molecule has 0 aliphatic carbocycles. The second-order valence-electron chi connectivity index (χ2n) is 4.47. The molecule has 0 radical (unpaired) electrons. The maximum atomic E-state index is 6.07. The molecule has 104 valence electrons. The molecule has 0 amide bonds. The molecule has 1 aromatic carbocycles. The summed E-state index contributed by atoms with van der Waals surface area (Å²) in [4.78, 5) is 4.61. The fourth-order valence-electron chi connectivity index (χ4n) is 2.32. The molecule has 2 heterocycles. The number of fused-ring (bicyclic) bond motifs is 1. The Morgan fingerprint density at radius 1 is 1.30 bits per heavy atom. The van der Waals surface area contributed by atoms with E-state index in [4.69, 9.17) is 11.6 Å². The van der Waals surface area contributed by atoms with Gasteiger partial charge in [-0.15, -0.1) is 11.6 Å². The zero-order chi connectivity index (χ0) is 14.4. The fourth-order valence-corrected chi connectivity index (χ4v) is 3.27. The van der Waals surface area contributed by atoms with Gasteiger partial charge in [0, 0.05) is 16.0 Å². The van der Waals surface area contributed by atoms with Crippen LogP contribution in [0.15, 0.2) is 27.1 Å². The SMILES string of the molecule is Cc1nn(C)c2c1nc(CCl)n2-c1cc(Br)ccc1Br. The van der Waals surface area contributed by atoms with Crippen LogP contribution in [-0.4, -0.2) is 19.3 Å². The van der Waals surface area contributed by atoms with Gasteiger partial charge in [-0.2, -0.15) is 5.10 Å². The molecule has 3 aromatic rings. The van der Waals surface area contributed by atoms with Crippen molar-refractivity contribution >= 4 is 54.6 Å². The number of hydrogen-bond acceptors (Lipinski definition) is 2. The summed E-state index contributed by atoms with van der Waals surface area (Å²) < 4.78 is 5.85. The highest BCUT2D eigenvalue weighted by Crippen LogP contribution is 2.30. The van der Waals surface area contributed by atoms with Gasteiger partial charge >= 0.3 is 0 Å². The first-order valence-corrected chi connectivity index (χ1v) is 8.07. The van der Waals surface area contributed by atoms with Gasteiger partial charge in [0.05, 0.1) is 17.3 Å². The van der Waals surface area contributed by atoms with Crippen LogP contribution in [0.5, 0.6) is 0 Å².